The zero-order chi connectivity index (χ0) is 15.1. The van der Waals surface area contributed by atoms with Gasteiger partial charge in [-0.3, -0.25) is 0 Å². The Labute approximate surface area is 121 Å². The third-order valence-electron chi connectivity index (χ3n) is 3.27. The SMILES string of the molecule is C=CCc1c(O)c(CC=C)c(CC=C)c(CC=C)c1O. The van der Waals surface area contributed by atoms with Crippen molar-refractivity contribution in [2.75, 3.05) is 0 Å². The van der Waals surface area contributed by atoms with Crippen molar-refractivity contribution in [1.82, 2.24) is 0 Å². The molecule has 0 unspecified atom stereocenters. The zero-order valence-electron chi connectivity index (χ0n) is 11.9. The predicted octanol–water partition coefficient (Wildman–Crippen LogP) is 4.01. The van der Waals surface area contributed by atoms with Gasteiger partial charge in [0.1, 0.15) is 11.5 Å². The van der Waals surface area contributed by atoms with E-state index in [0.29, 0.717) is 31.2 Å². The zero-order valence-corrected chi connectivity index (χ0v) is 11.9. The van der Waals surface area contributed by atoms with Gasteiger partial charge in [-0.25, -0.2) is 0 Å². The van der Waals surface area contributed by atoms with Gasteiger partial charge in [-0.1, -0.05) is 24.3 Å². The Balaban J connectivity index is 3.67. The number of allylic oxidation sites excluding steroid dienone is 4. The maximum atomic E-state index is 10.4. The van der Waals surface area contributed by atoms with E-state index in [1.54, 1.807) is 24.3 Å². The molecule has 1 rings (SSSR count). The summed E-state index contributed by atoms with van der Waals surface area (Å²) < 4.78 is 0. The lowest BCUT2D eigenvalue weighted by atomic mass is 9.88. The van der Waals surface area contributed by atoms with Gasteiger partial charge in [-0.05, 0) is 31.2 Å². The highest BCUT2D eigenvalue weighted by molar-refractivity contribution is 5.60. The fourth-order valence-electron chi connectivity index (χ4n) is 2.40. The van der Waals surface area contributed by atoms with E-state index < -0.39 is 0 Å². The van der Waals surface area contributed by atoms with E-state index in [0.717, 1.165) is 16.7 Å². The number of hydrogen-bond acceptors (Lipinski definition) is 2. The molecule has 0 radical (unpaired) electrons. The summed E-state index contributed by atoms with van der Waals surface area (Å²) in [6, 6.07) is 0. The summed E-state index contributed by atoms with van der Waals surface area (Å²) in [5, 5.41) is 20.8. The second-order valence-corrected chi connectivity index (χ2v) is 4.58. The molecule has 1 aromatic carbocycles. The van der Waals surface area contributed by atoms with Crippen molar-refractivity contribution >= 4 is 0 Å². The molecule has 1 aromatic rings. The molecule has 2 heteroatoms. The number of phenols is 2. The minimum absolute atomic E-state index is 0.131. The van der Waals surface area contributed by atoms with Gasteiger partial charge in [0, 0.05) is 16.7 Å². The third-order valence-corrected chi connectivity index (χ3v) is 3.27. The minimum Gasteiger partial charge on any atom is -0.507 e. The van der Waals surface area contributed by atoms with Crippen LogP contribution in [0.2, 0.25) is 0 Å². The molecular weight excluding hydrogens is 248 g/mol. The van der Waals surface area contributed by atoms with Gasteiger partial charge in [0.2, 0.25) is 0 Å². The monoisotopic (exact) mass is 270 g/mol. The molecule has 0 fully saturated rings. The fraction of sp³-hybridized carbons (Fsp3) is 0.222. The van der Waals surface area contributed by atoms with Crippen LogP contribution in [0.4, 0.5) is 0 Å². The van der Waals surface area contributed by atoms with Gasteiger partial charge >= 0.3 is 0 Å². The average Bonchev–Trinajstić information content (AvgIpc) is 2.43. The number of aromatic hydroxyl groups is 2. The Morgan fingerprint density at radius 2 is 0.850 bits per heavy atom. The van der Waals surface area contributed by atoms with Gasteiger partial charge in [0.25, 0.3) is 0 Å². The summed E-state index contributed by atoms with van der Waals surface area (Å²) in [4.78, 5) is 0. The number of hydrogen-bond donors (Lipinski definition) is 2. The molecular formula is C18H22O2. The Bertz CT molecular complexity index is 502. The molecule has 0 aliphatic carbocycles. The summed E-state index contributed by atoms with van der Waals surface area (Å²) in [7, 11) is 0. The molecule has 0 heterocycles. The standard InChI is InChI=1S/C18H22O2/c1-5-9-13-14(10-6-2)17(19)16(12-8-4)18(20)15(13)11-7-3/h5-8,19-20H,1-4,9-12H2. The summed E-state index contributed by atoms with van der Waals surface area (Å²) in [6.07, 6.45) is 9.01. The average molecular weight is 270 g/mol. The minimum atomic E-state index is 0.131. The summed E-state index contributed by atoms with van der Waals surface area (Å²) >= 11 is 0. The lowest BCUT2D eigenvalue weighted by Crippen LogP contribution is -2.03. The van der Waals surface area contributed by atoms with E-state index >= 15 is 0 Å². The van der Waals surface area contributed by atoms with Crippen LogP contribution >= 0.6 is 0 Å². The molecule has 0 aliphatic rings. The molecule has 0 saturated heterocycles. The quantitative estimate of drug-likeness (QED) is 0.701. The normalized spacial score (nSPS) is 10.0. The third kappa shape index (κ3) is 3.02. The van der Waals surface area contributed by atoms with E-state index in [1.807, 2.05) is 0 Å². The van der Waals surface area contributed by atoms with Crippen LogP contribution in [0, 0.1) is 0 Å². The first-order valence-electron chi connectivity index (χ1n) is 6.63. The van der Waals surface area contributed by atoms with Crippen LogP contribution in [0.3, 0.4) is 0 Å². The van der Waals surface area contributed by atoms with Crippen LogP contribution in [0.15, 0.2) is 50.6 Å². The molecule has 0 amide bonds. The first-order chi connectivity index (χ1) is 9.62. The van der Waals surface area contributed by atoms with Gasteiger partial charge in [-0.2, -0.15) is 0 Å². The predicted molar refractivity (Wildman–Crippen MR) is 85.4 cm³/mol. The van der Waals surface area contributed by atoms with Crippen molar-refractivity contribution in [3.63, 3.8) is 0 Å². The topological polar surface area (TPSA) is 40.5 Å². The second kappa shape index (κ2) is 7.39. The molecule has 0 aliphatic heterocycles. The second-order valence-electron chi connectivity index (χ2n) is 4.58. The van der Waals surface area contributed by atoms with Crippen molar-refractivity contribution in [2.45, 2.75) is 25.7 Å². The number of rotatable bonds is 8. The van der Waals surface area contributed by atoms with Crippen molar-refractivity contribution in [1.29, 1.82) is 0 Å². The van der Waals surface area contributed by atoms with Gasteiger partial charge < -0.3 is 10.2 Å². The summed E-state index contributed by atoms with van der Waals surface area (Å²) in [6.45, 7) is 14.9. The van der Waals surface area contributed by atoms with Crippen LogP contribution in [0.25, 0.3) is 0 Å². The molecule has 20 heavy (non-hydrogen) atoms. The van der Waals surface area contributed by atoms with Crippen LogP contribution in [-0.4, -0.2) is 10.2 Å². The van der Waals surface area contributed by atoms with E-state index in [1.165, 1.54) is 0 Å². The van der Waals surface area contributed by atoms with E-state index in [-0.39, 0.29) is 11.5 Å². The van der Waals surface area contributed by atoms with E-state index in [4.69, 9.17) is 0 Å². The smallest absolute Gasteiger partial charge is 0.126 e. The van der Waals surface area contributed by atoms with Crippen molar-refractivity contribution < 1.29 is 10.2 Å². The highest BCUT2D eigenvalue weighted by Gasteiger charge is 2.20. The molecule has 0 atom stereocenters. The fourth-order valence-corrected chi connectivity index (χ4v) is 2.40. The molecule has 2 nitrogen and oxygen atoms in total. The molecule has 2 N–H and O–H groups in total. The Morgan fingerprint density at radius 3 is 1.20 bits per heavy atom. The van der Waals surface area contributed by atoms with Crippen LogP contribution < -0.4 is 0 Å². The first-order valence-corrected chi connectivity index (χ1v) is 6.63. The molecule has 0 spiro atoms. The highest BCUT2D eigenvalue weighted by Crippen LogP contribution is 2.39. The lowest BCUT2D eigenvalue weighted by Gasteiger charge is -2.19. The van der Waals surface area contributed by atoms with Crippen LogP contribution in [-0.2, 0) is 25.7 Å². The van der Waals surface area contributed by atoms with Gasteiger partial charge in [-0.15, -0.1) is 26.3 Å². The summed E-state index contributed by atoms with van der Waals surface area (Å²) in [5.74, 6) is 0.263. The van der Waals surface area contributed by atoms with E-state index in [2.05, 4.69) is 26.3 Å². The summed E-state index contributed by atoms with van der Waals surface area (Å²) in [5.41, 5.74) is 3.02. The highest BCUT2D eigenvalue weighted by atomic mass is 16.3. The molecule has 0 aromatic heterocycles. The van der Waals surface area contributed by atoms with E-state index in [9.17, 15) is 10.2 Å². The van der Waals surface area contributed by atoms with Crippen molar-refractivity contribution in [2.24, 2.45) is 0 Å². The maximum absolute atomic E-state index is 10.4. The maximum Gasteiger partial charge on any atom is 0.126 e. The Hall–Kier alpha value is -2.22. The molecule has 0 saturated carbocycles. The Morgan fingerprint density at radius 1 is 0.550 bits per heavy atom. The number of benzene rings is 1. The van der Waals surface area contributed by atoms with Crippen LogP contribution in [0.5, 0.6) is 11.5 Å². The Kier molecular flexibility index (Phi) is 5.85. The number of phenolic OH excluding ortho intramolecular Hbond substituents is 2. The lowest BCUT2D eigenvalue weighted by molar-refractivity contribution is 0.432. The van der Waals surface area contributed by atoms with Crippen molar-refractivity contribution in [3.05, 3.63) is 72.9 Å². The van der Waals surface area contributed by atoms with Gasteiger partial charge in [0.15, 0.2) is 0 Å². The molecule has 106 valence electrons. The largest absolute Gasteiger partial charge is 0.507 e. The van der Waals surface area contributed by atoms with Gasteiger partial charge in [0.05, 0.1) is 0 Å². The van der Waals surface area contributed by atoms with Crippen molar-refractivity contribution in [3.8, 4) is 11.5 Å². The molecule has 0 bridgehead atoms. The first kappa shape index (κ1) is 15.8. The van der Waals surface area contributed by atoms with Crippen LogP contribution in [0.1, 0.15) is 22.3 Å².